The zero-order valence-corrected chi connectivity index (χ0v) is 12.3. The van der Waals surface area contributed by atoms with Crippen LogP contribution in [0.25, 0.3) is 10.9 Å². The zero-order valence-electron chi connectivity index (χ0n) is 11.6. The van der Waals surface area contributed by atoms with E-state index in [-0.39, 0.29) is 16.5 Å². The molecule has 0 atom stereocenters. The highest BCUT2D eigenvalue weighted by atomic mass is 35.5. The van der Waals surface area contributed by atoms with Gasteiger partial charge in [0.25, 0.3) is 5.91 Å². The second-order valence-electron chi connectivity index (χ2n) is 4.99. The number of anilines is 1. The molecular formula is C16H10ClF3N2O. The van der Waals surface area contributed by atoms with E-state index >= 15 is 0 Å². The minimum absolute atomic E-state index is 0.106. The lowest BCUT2D eigenvalue weighted by molar-refractivity contribution is -0.142. The average Bonchev–Trinajstić information content (AvgIpc) is 2.86. The molecule has 0 unspecified atom stereocenters. The molecule has 0 bridgehead atoms. The van der Waals surface area contributed by atoms with Crippen molar-refractivity contribution in [2.75, 3.05) is 5.73 Å². The third-order valence-electron chi connectivity index (χ3n) is 3.41. The van der Waals surface area contributed by atoms with E-state index in [1.807, 2.05) is 0 Å². The van der Waals surface area contributed by atoms with Crippen LogP contribution in [-0.4, -0.2) is 10.5 Å². The first kappa shape index (κ1) is 15.4. The fourth-order valence-corrected chi connectivity index (χ4v) is 2.51. The molecular weight excluding hydrogens is 329 g/mol. The number of carbonyl (C=O) groups excluding carboxylic acids is 1. The predicted octanol–water partition coefficient (Wildman–Crippen LogP) is 4.58. The van der Waals surface area contributed by atoms with Crippen molar-refractivity contribution < 1.29 is 18.0 Å². The second kappa shape index (κ2) is 5.31. The predicted molar refractivity (Wildman–Crippen MR) is 82.5 cm³/mol. The number of carbonyl (C=O) groups is 1. The molecule has 2 N–H and O–H groups in total. The molecule has 0 aliphatic heterocycles. The van der Waals surface area contributed by atoms with E-state index in [1.165, 1.54) is 42.5 Å². The molecule has 1 aromatic heterocycles. The van der Waals surface area contributed by atoms with Gasteiger partial charge < -0.3 is 5.73 Å². The molecule has 118 valence electrons. The van der Waals surface area contributed by atoms with Gasteiger partial charge in [0.1, 0.15) is 5.69 Å². The van der Waals surface area contributed by atoms with E-state index in [0.29, 0.717) is 15.3 Å². The van der Waals surface area contributed by atoms with Gasteiger partial charge in [-0.3, -0.25) is 9.36 Å². The number of hydrogen-bond donors (Lipinski definition) is 1. The first-order chi connectivity index (χ1) is 10.8. The van der Waals surface area contributed by atoms with E-state index in [9.17, 15) is 18.0 Å². The summed E-state index contributed by atoms with van der Waals surface area (Å²) in [6, 6.07) is 10.8. The van der Waals surface area contributed by atoms with E-state index in [0.717, 1.165) is 6.07 Å². The van der Waals surface area contributed by atoms with Crippen LogP contribution in [0.3, 0.4) is 0 Å². The Labute approximate surface area is 134 Å². The molecule has 1 heterocycles. The summed E-state index contributed by atoms with van der Waals surface area (Å²) in [6.07, 6.45) is -4.67. The number of rotatable bonds is 1. The Balaban J connectivity index is 2.26. The van der Waals surface area contributed by atoms with Gasteiger partial charge in [-0.1, -0.05) is 11.6 Å². The Kier molecular flexibility index (Phi) is 3.56. The van der Waals surface area contributed by atoms with Crippen LogP contribution in [-0.2, 0) is 6.18 Å². The summed E-state index contributed by atoms with van der Waals surface area (Å²) < 4.78 is 40.6. The van der Waals surface area contributed by atoms with Crippen LogP contribution < -0.4 is 5.73 Å². The summed E-state index contributed by atoms with van der Waals surface area (Å²) in [7, 11) is 0. The molecule has 0 saturated carbocycles. The van der Waals surface area contributed by atoms with Crippen LogP contribution in [0.15, 0.2) is 48.5 Å². The van der Waals surface area contributed by atoms with Crippen molar-refractivity contribution in [3.05, 3.63) is 64.8 Å². The highest BCUT2D eigenvalue weighted by Gasteiger charge is 2.37. The Morgan fingerprint density at radius 2 is 1.70 bits per heavy atom. The molecule has 7 heteroatoms. The number of nitrogens with zero attached hydrogens (tertiary/aromatic N) is 1. The van der Waals surface area contributed by atoms with Crippen LogP contribution in [0.5, 0.6) is 0 Å². The van der Waals surface area contributed by atoms with Gasteiger partial charge in [0.2, 0.25) is 0 Å². The van der Waals surface area contributed by atoms with Gasteiger partial charge in [-0.15, -0.1) is 0 Å². The van der Waals surface area contributed by atoms with Gasteiger partial charge in [0.05, 0.1) is 5.52 Å². The third kappa shape index (κ3) is 2.77. The summed E-state index contributed by atoms with van der Waals surface area (Å²) in [5.74, 6) is -0.784. The zero-order chi connectivity index (χ0) is 16.8. The summed E-state index contributed by atoms with van der Waals surface area (Å²) in [5.41, 5.74) is 5.13. The van der Waals surface area contributed by atoms with Gasteiger partial charge in [-0.2, -0.15) is 13.2 Å². The molecule has 0 aliphatic rings. The molecule has 3 rings (SSSR count). The molecule has 0 saturated heterocycles. The Morgan fingerprint density at radius 3 is 2.30 bits per heavy atom. The number of benzene rings is 2. The second-order valence-corrected chi connectivity index (χ2v) is 5.43. The number of nitrogens with two attached hydrogens (primary N) is 1. The van der Waals surface area contributed by atoms with Gasteiger partial charge in [-0.25, -0.2) is 0 Å². The highest BCUT2D eigenvalue weighted by Crippen LogP contribution is 2.35. The molecule has 0 spiro atoms. The maximum atomic E-state index is 13.3. The molecule has 0 radical (unpaired) electrons. The summed E-state index contributed by atoms with van der Waals surface area (Å²) in [5, 5.41) is 0.641. The molecule has 0 amide bonds. The van der Waals surface area contributed by atoms with Gasteiger partial charge >= 0.3 is 6.18 Å². The van der Waals surface area contributed by atoms with Crippen LogP contribution >= 0.6 is 11.6 Å². The normalized spacial score (nSPS) is 11.8. The quantitative estimate of drug-likeness (QED) is 0.660. The number of alkyl halides is 3. The smallest absolute Gasteiger partial charge is 0.399 e. The van der Waals surface area contributed by atoms with Crippen molar-refractivity contribution in [1.82, 2.24) is 4.57 Å². The molecule has 23 heavy (non-hydrogen) atoms. The van der Waals surface area contributed by atoms with Crippen molar-refractivity contribution in [2.45, 2.75) is 6.18 Å². The lowest BCUT2D eigenvalue weighted by Crippen LogP contribution is -2.20. The fourth-order valence-electron chi connectivity index (χ4n) is 2.38. The van der Waals surface area contributed by atoms with Gasteiger partial charge in [0, 0.05) is 21.7 Å². The fraction of sp³-hybridized carbons (Fsp3) is 0.0625. The van der Waals surface area contributed by atoms with Crippen molar-refractivity contribution in [2.24, 2.45) is 0 Å². The van der Waals surface area contributed by atoms with E-state index in [2.05, 4.69) is 0 Å². The van der Waals surface area contributed by atoms with Crippen molar-refractivity contribution in [3.63, 3.8) is 0 Å². The van der Waals surface area contributed by atoms with Crippen molar-refractivity contribution in [1.29, 1.82) is 0 Å². The van der Waals surface area contributed by atoms with E-state index in [4.69, 9.17) is 17.3 Å². The Hall–Kier alpha value is -2.47. The average molecular weight is 339 g/mol. The lowest BCUT2D eigenvalue weighted by atomic mass is 10.2. The molecule has 0 aliphatic carbocycles. The maximum Gasteiger partial charge on any atom is 0.431 e. The SMILES string of the molecule is Nc1ccc2c(c1)cc(C(F)(F)F)n2C(=O)c1ccc(Cl)cc1. The van der Waals surface area contributed by atoms with Crippen LogP contribution in [0.1, 0.15) is 16.1 Å². The van der Waals surface area contributed by atoms with E-state index < -0.39 is 17.8 Å². The molecule has 3 nitrogen and oxygen atoms in total. The number of aromatic nitrogens is 1. The van der Waals surface area contributed by atoms with Gasteiger partial charge in [-0.05, 0) is 48.5 Å². The van der Waals surface area contributed by atoms with Gasteiger partial charge in [0.15, 0.2) is 0 Å². The van der Waals surface area contributed by atoms with Crippen LogP contribution in [0.4, 0.5) is 18.9 Å². The standard InChI is InChI=1S/C16H10ClF3N2O/c17-11-3-1-9(2-4-11)15(23)22-13-6-5-12(21)7-10(13)8-14(22)16(18,19)20/h1-8H,21H2. The summed E-state index contributed by atoms with van der Waals surface area (Å²) >= 11 is 5.75. The Morgan fingerprint density at radius 1 is 1.04 bits per heavy atom. The third-order valence-corrected chi connectivity index (χ3v) is 3.66. The van der Waals surface area contributed by atoms with Crippen LogP contribution in [0, 0.1) is 0 Å². The molecule has 2 aromatic carbocycles. The number of fused-ring (bicyclic) bond motifs is 1. The molecule has 3 aromatic rings. The Bertz CT molecular complexity index is 898. The maximum absolute atomic E-state index is 13.3. The lowest BCUT2D eigenvalue weighted by Gasteiger charge is -2.12. The van der Waals surface area contributed by atoms with Crippen molar-refractivity contribution >= 4 is 34.1 Å². The minimum Gasteiger partial charge on any atom is -0.399 e. The number of nitrogen functional groups attached to an aromatic ring is 1. The molecule has 0 fully saturated rings. The first-order valence-corrected chi connectivity index (χ1v) is 6.93. The highest BCUT2D eigenvalue weighted by molar-refractivity contribution is 6.30. The van der Waals surface area contributed by atoms with Crippen LogP contribution in [0.2, 0.25) is 5.02 Å². The van der Waals surface area contributed by atoms with Crippen molar-refractivity contribution in [3.8, 4) is 0 Å². The first-order valence-electron chi connectivity index (χ1n) is 6.56. The summed E-state index contributed by atoms with van der Waals surface area (Å²) in [6.45, 7) is 0. The topological polar surface area (TPSA) is 48.0 Å². The largest absolute Gasteiger partial charge is 0.431 e. The minimum atomic E-state index is -4.67. The summed E-state index contributed by atoms with van der Waals surface area (Å²) in [4.78, 5) is 12.6. The number of halogens is 4. The van der Waals surface area contributed by atoms with E-state index in [1.54, 1.807) is 0 Å². The monoisotopic (exact) mass is 338 g/mol. The number of hydrogen-bond acceptors (Lipinski definition) is 2.